The van der Waals surface area contributed by atoms with Gasteiger partial charge < -0.3 is 5.11 Å². The van der Waals surface area contributed by atoms with Gasteiger partial charge in [0.1, 0.15) is 0 Å². The number of hydrogen-bond donors (Lipinski definition) is 1. The van der Waals surface area contributed by atoms with Crippen molar-refractivity contribution in [2.75, 3.05) is 0 Å². The number of carboxylic acid groups (broad SMARTS) is 1. The van der Waals surface area contributed by atoms with Gasteiger partial charge in [-0.15, -0.1) is 0 Å². The van der Waals surface area contributed by atoms with Crippen LogP contribution < -0.4 is 0 Å². The smallest absolute Gasteiger partial charge is 0.303 e. The molecule has 0 saturated heterocycles. The summed E-state index contributed by atoms with van der Waals surface area (Å²) in [6, 6.07) is 0. The Balaban J connectivity index is 3.25. The van der Waals surface area contributed by atoms with Crippen molar-refractivity contribution in [2.45, 2.75) is 71.1 Å². The average molecular weight is 278 g/mol. The molecule has 1 N–H and O–H groups in total. The second kappa shape index (κ2) is 15.7. The monoisotopic (exact) mass is 278 g/mol. The lowest BCUT2D eigenvalue weighted by molar-refractivity contribution is -0.137. The first-order valence-corrected chi connectivity index (χ1v) is 7.95. The second-order valence-electron chi connectivity index (χ2n) is 5.01. The Bertz CT molecular complexity index is 301. The van der Waals surface area contributed by atoms with E-state index < -0.39 is 5.97 Å². The van der Waals surface area contributed by atoms with Crippen LogP contribution in [0.1, 0.15) is 71.1 Å². The van der Waals surface area contributed by atoms with Gasteiger partial charge in [-0.1, -0.05) is 62.6 Å². The minimum Gasteiger partial charge on any atom is -0.481 e. The highest BCUT2D eigenvalue weighted by molar-refractivity contribution is 5.66. The maximum atomic E-state index is 10.3. The Morgan fingerprint density at radius 1 is 0.800 bits per heavy atom. The summed E-state index contributed by atoms with van der Waals surface area (Å²) in [7, 11) is 0. The third-order valence-corrected chi connectivity index (χ3v) is 3.05. The van der Waals surface area contributed by atoms with Crippen molar-refractivity contribution in [1.82, 2.24) is 0 Å². The van der Waals surface area contributed by atoms with E-state index in [9.17, 15) is 4.79 Å². The van der Waals surface area contributed by atoms with Gasteiger partial charge in [-0.05, 0) is 38.5 Å². The van der Waals surface area contributed by atoms with Gasteiger partial charge in [0.25, 0.3) is 0 Å². The van der Waals surface area contributed by atoms with Gasteiger partial charge in [0.05, 0.1) is 0 Å². The van der Waals surface area contributed by atoms with Crippen LogP contribution in [0.2, 0.25) is 0 Å². The summed E-state index contributed by atoms with van der Waals surface area (Å²) < 4.78 is 0. The molecule has 0 aliphatic carbocycles. The molecule has 0 unspecified atom stereocenters. The number of allylic oxidation sites excluding steroid dienone is 6. The van der Waals surface area contributed by atoms with Crippen LogP contribution >= 0.6 is 0 Å². The van der Waals surface area contributed by atoms with Crippen molar-refractivity contribution in [3.05, 3.63) is 36.5 Å². The molecule has 0 saturated carbocycles. The second-order valence-corrected chi connectivity index (χ2v) is 5.01. The number of carbonyl (C=O) groups is 1. The zero-order valence-corrected chi connectivity index (χ0v) is 12.9. The molecule has 0 aliphatic rings. The predicted molar refractivity (Wildman–Crippen MR) is 86.9 cm³/mol. The Hall–Kier alpha value is -1.31. The summed E-state index contributed by atoms with van der Waals surface area (Å²) in [5, 5.41) is 8.50. The van der Waals surface area contributed by atoms with E-state index in [1.165, 1.54) is 12.8 Å². The molecule has 0 fully saturated rings. The molecule has 114 valence electrons. The van der Waals surface area contributed by atoms with Gasteiger partial charge in [0.15, 0.2) is 0 Å². The molecular formula is C18H30O2. The molecule has 0 aromatic carbocycles. The van der Waals surface area contributed by atoms with Crippen LogP contribution in [0, 0.1) is 0 Å². The molecule has 2 heteroatoms. The maximum absolute atomic E-state index is 10.3. The Kier molecular flexibility index (Phi) is 14.7. The summed E-state index contributed by atoms with van der Waals surface area (Å²) in [6.07, 6.45) is 23.4. The molecule has 0 atom stereocenters. The number of unbranched alkanes of at least 4 members (excludes halogenated alkanes) is 6. The molecule has 0 amide bonds. The van der Waals surface area contributed by atoms with E-state index in [1.54, 1.807) is 0 Å². The standard InChI is InChI=1S/C18H30O2/c1-2-3-4-5-6-7-8-9-10-11-12-13-14-15-16-17-18(19)20/h3-4,7-10H,2,5-6,11-17H2,1H3,(H,19,20)/b4-3-,8-7+,10-9+. The summed E-state index contributed by atoms with van der Waals surface area (Å²) >= 11 is 0. The van der Waals surface area contributed by atoms with Crippen LogP contribution in [0.4, 0.5) is 0 Å². The lowest BCUT2D eigenvalue weighted by Gasteiger charge is -1.97. The summed E-state index contributed by atoms with van der Waals surface area (Å²) in [5.41, 5.74) is 0. The average Bonchev–Trinajstić information content (AvgIpc) is 2.43. The maximum Gasteiger partial charge on any atom is 0.303 e. The zero-order chi connectivity index (χ0) is 14.9. The van der Waals surface area contributed by atoms with E-state index in [0.29, 0.717) is 6.42 Å². The van der Waals surface area contributed by atoms with E-state index in [2.05, 4.69) is 43.4 Å². The fourth-order valence-electron chi connectivity index (χ4n) is 1.90. The first kappa shape index (κ1) is 18.7. The van der Waals surface area contributed by atoms with Crippen molar-refractivity contribution in [1.29, 1.82) is 0 Å². The van der Waals surface area contributed by atoms with Crippen molar-refractivity contribution in [3.8, 4) is 0 Å². The van der Waals surface area contributed by atoms with Crippen molar-refractivity contribution in [2.24, 2.45) is 0 Å². The highest BCUT2D eigenvalue weighted by atomic mass is 16.4. The number of rotatable bonds is 13. The van der Waals surface area contributed by atoms with E-state index in [0.717, 1.165) is 44.9 Å². The molecule has 0 rings (SSSR count). The van der Waals surface area contributed by atoms with Gasteiger partial charge in [0.2, 0.25) is 0 Å². The molecule has 0 aliphatic heterocycles. The molecular weight excluding hydrogens is 248 g/mol. The number of carboxylic acids is 1. The van der Waals surface area contributed by atoms with E-state index >= 15 is 0 Å². The fraction of sp³-hybridized carbons (Fsp3) is 0.611. The van der Waals surface area contributed by atoms with Crippen LogP contribution in [0.3, 0.4) is 0 Å². The molecule has 0 aromatic rings. The zero-order valence-electron chi connectivity index (χ0n) is 12.9. The first-order valence-electron chi connectivity index (χ1n) is 7.95. The van der Waals surface area contributed by atoms with Gasteiger partial charge >= 0.3 is 5.97 Å². The molecule has 0 bridgehead atoms. The third-order valence-electron chi connectivity index (χ3n) is 3.05. The van der Waals surface area contributed by atoms with Crippen LogP contribution in [0.25, 0.3) is 0 Å². The normalized spacial score (nSPS) is 12.1. The number of aliphatic carboxylic acids is 1. The molecule has 0 spiro atoms. The Labute approximate surface area is 124 Å². The molecule has 0 aromatic heterocycles. The summed E-state index contributed by atoms with van der Waals surface area (Å²) in [5.74, 6) is -0.676. The highest BCUT2D eigenvalue weighted by Gasteiger charge is 1.95. The Morgan fingerprint density at radius 2 is 1.40 bits per heavy atom. The predicted octanol–water partition coefficient (Wildman–Crippen LogP) is 5.66. The topological polar surface area (TPSA) is 37.3 Å². The third kappa shape index (κ3) is 16.7. The van der Waals surface area contributed by atoms with Gasteiger partial charge in [0, 0.05) is 6.42 Å². The van der Waals surface area contributed by atoms with Crippen LogP contribution in [0.5, 0.6) is 0 Å². The molecule has 2 nitrogen and oxygen atoms in total. The largest absolute Gasteiger partial charge is 0.481 e. The minimum atomic E-state index is -0.676. The molecule has 0 heterocycles. The van der Waals surface area contributed by atoms with E-state index in [4.69, 9.17) is 5.11 Å². The highest BCUT2D eigenvalue weighted by Crippen LogP contribution is 2.07. The SMILES string of the molecule is CC/C=C\CC/C=C/C=C/CCCCCCCC(=O)O. The van der Waals surface area contributed by atoms with Gasteiger partial charge in [-0.25, -0.2) is 0 Å². The summed E-state index contributed by atoms with van der Waals surface area (Å²) in [4.78, 5) is 10.3. The van der Waals surface area contributed by atoms with E-state index in [-0.39, 0.29) is 0 Å². The first-order chi connectivity index (χ1) is 9.77. The lowest BCUT2D eigenvalue weighted by Crippen LogP contribution is -1.93. The van der Waals surface area contributed by atoms with Crippen LogP contribution in [-0.4, -0.2) is 11.1 Å². The van der Waals surface area contributed by atoms with Crippen LogP contribution in [0.15, 0.2) is 36.5 Å². The van der Waals surface area contributed by atoms with Crippen molar-refractivity contribution in [3.63, 3.8) is 0 Å². The van der Waals surface area contributed by atoms with Crippen LogP contribution in [-0.2, 0) is 4.79 Å². The fourth-order valence-corrected chi connectivity index (χ4v) is 1.90. The van der Waals surface area contributed by atoms with Gasteiger partial charge in [-0.3, -0.25) is 4.79 Å². The van der Waals surface area contributed by atoms with Crippen molar-refractivity contribution >= 4 is 5.97 Å². The number of hydrogen-bond acceptors (Lipinski definition) is 1. The quantitative estimate of drug-likeness (QED) is 0.268. The minimum absolute atomic E-state index is 0.318. The van der Waals surface area contributed by atoms with Crippen molar-refractivity contribution < 1.29 is 9.90 Å². The van der Waals surface area contributed by atoms with Gasteiger partial charge in [-0.2, -0.15) is 0 Å². The molecule has 20 heavy (non-hydrogen) atoms. The lowest BCUT2D eigenvalue weighted by atomic mass is 10.1. The Morgan fingerprint density at radius 3 is 2.10 bits per heavy atom. The van der Waals surface area contributed by atoms with E-state index in [1.807, 2.05) is 0 Å². The summed E-state index contributed by atoms with van der Waals surface area (Å²) in [6.45, 7) is 2.15. The molecule has 0 radical (unpaired) electrons.